The maximum Gasteiger partial charge on any atom is 0.230 e. The van der Waals surface area contributed by atoms with Crippen LogP contribution in [-0.4, -0.2) is 46.2 Å². The third kappa shape index (κ3) is 3.33. The molecule has 1 atom stereocenters. The minimum absolute atomic E-state index is 0.0452. The van der Waals surface area contributed by atoms with Gasteiger partial charge in [-0.3, -0.25) is 9.36 Å². The number of nitrogens with zero attached hydrogens (tertiary/aromatic N) is 3. The van der Waals surface area contributed by atoms with Crippen LogP contribution in [-0.2, 0) is 16.1 Å². The Morgan fingerprint density at radius 3 is 3.14 bits per heavy atom. The summed E-state index contributed by atoms with van der Waals surface area (Å²) >= 11 is 1.36. The first-order valence-electron chi connectivity index (χ1n) is 7.20. The molecule has 8 heteroatoms. The van der Waals surface area contributed by atoms with E-state index in [9.17, 15) is 4.79 Å². The van der Waals surface area contributed by atoms with E-state index in [0.717, 1.165) is 19.4 Å². The summed E-state index contributed by atoms with van der Waals surface area (Å²) in [6.45, 7) is 1.46. The Morgan fingerprint density at radius 2 is 2.45 bits per heavy atom. The number of hydrogen-bond acceptors (Lipinski definition) is 6. The Morgan fingerprint density at radius 1 is 1.55 bits per heavy atom. The van der Waals surface area contributed by atoms with E-state index in [2.05, 4.69) is 15.5 Å². The van der Waals surface area contributed by atoms with Gasteiger partial charge in [0.25, 0.3) is 0 Å². The van der Waals surface area contributed by atoms with Crippen molar-refractivity contribution in [3.63, 3.8) is 0 Å². The summed E-state index contributed by atoms with van der Waals surface area (Å²) in [6.07, 6.45) is 3.86. The third-order valence-electron chi connectivity index (χ3n) is 3.48. The highest BCUT2D eigenvalue weighted by atomic mass is 32.2. The van der Waals surface area contributed by atoms with Crippen LogP contribution in [0.5, 0.6) is 0 Å². The van der Waals surface area contributed by atoms with E-state index in [1.807, 2.05) is 16.7 Å². The summed E-state index contributed by atoms with van der Waals surface area (Å²) in [7, 11) is 1.62. The second-order valence-electron chi connectivity index (χ2n) is 4.99. The Kier molecular flexibility index (Phi) is 4.79. The molecule has 22 heavy (non-hydrogen) atoms. The van der Waals surface area contributed by atoms with Gasteiger partial charge < -0.3 is 14.5 Å². The monoisotopic (exact) mass is 322 g/mol. The van der Waals surface area contributed by atoms with Crippen LogP contribution in [0.2, 0.25) is 0 Å². The summed E-state index contributed by atoms with van der Waals surface area (Å²) in [6, 6.07) is 3.67. The van der Waals surface area contributed by atoms with Gasteiger partial charge in [0.05, 0.1) is 24.7 Å². The van der Waals surface area contributed by atoms with Gasteiger partial charge in [0.2, 0.25) is 11.7 Å². The first-order chi connectivity index (χ1) is 10.8. The van der Waals surface area contributed by atoms with Gasteiger partial charge in [-0.05, 0) is 25.0 Å². The number of carbonyl (C=O) groups excluding carboxylic acids is 1. The van der Waals surface area contributed by atoms with E-state index in [-0.39, 0.29) is 12.0 Å². The van der Waals surface area contributed by atoms with Crippen LogP contribution in [0.15, 0.2) is 28.0 Å². The molecule has 0 radical (unpaired) electrons. The van der Waals surface area contributed by atoms with Gasteiger partial charge in [-0.1, -0.05) is 11.8 Å². The van der Waals surface area contributed by atoms with Gasteiger partial charge in [0.1, 0.15) is 0 Å². The zero-order chi connectivity index (χ0) is 15.4. The van der Waals surface area contributed by atoms with Crippen LogP contribution < -0.4 is 5.32 Å². The quantitative estimate of drug-likeness (QED) is 0.813. The molecule has 2 aromatic rings. The molecular weight excluding hydrogens is 304 g/mol. The first-order valence-corrected chi connectivity index (χ1v) is 8.18. The van der Waals surface area contributed by atoms with E-state index in [1.165, 1.54) is 11.8 Å². The molecule has 3 heterocycles. The fourth-order valence-electron chi connectivity index (χ4n) is 2.34. The maximum atomic E-state index is 11.4. The summed E-state index contributed by atoms with van der Waals surface area (Å²) in [5, 5.41) is 11.7. The fraction of sp³-hybridized carbons (Fsp3) is 0.500. The van der Waals surface area contributed by atoms with Crippen molar-refractivity contribution in [2.24, 2.45) is 0 Å². The van der Waals surface area contributed by atoms with Gasteiger partial charge in [0.15, 0.2) is 10.9 Å². The minimum atomic E-state index is -0.0452. The summed E-state index contributed by atoms with van der Waals surface area (Å²) < 4.78 is 13.1. The van der Waals surface area contributed by atoms with Crippen LogP contribution in [0.25, 0.3) is 11.6 Å². The number of thioether (sulfide) groups is 1. The molecule has 1 aliphatic rings. The molecule has 1 fully saturated rings. The molecule has 1 saturated heterocycles. The second kappa shape index (κ2) is 6.97. The highest BCUT2D eigenvalue weighted by Gasteiger charge is 2.23. The van der Waals surface area contributed by atoms with E-state index < -0.39 is 0 Å². The molecule has 3 rings (SSSR count). The zero-order valence-corrected chi connectivity index (χ0v) is 13.1. The lowest BCUT2D eigenvalue weighted by Gasteiger charge is -2.13. The molecule has 0 spiro atoms. The lowest BCUT2D eigenvalue weighted by Crippen LogP contribution is -2.21. The average molecular weight is 322 g/mol. The van der Waals surface area contributed by atoms with Crippen molar-refractivity contribution in [1.82, 2.24) is 20.1 Å². The largest absolute Gasteiger partial charge is 0.461 e. The molecular formula is C14H18N4O3S. The van der Waals surface area contributed by atoms with Gasteiger partial charge in [-0.25, -0.2) is 0 Å². The summed E-state index contributed by atoms with van der Waals surface area (Å²) in [5.74, 6) is 1.59. The number of nitrogens with one attached hydrogen (secondary N) is 1. The topological polar surface area (TPSA) is 82.2 Å². The molecule has 1 unspecified atom stereocenters. The third-order valence-corrected chi connectivity index (χ3v) is 4.45. The number of carbonyl (C=O) groups is 1. The van der Waals surface area contributed by atoms with Gasteiger partial charge >= 0.3 is 0 Å². The standard InChI is InChI=1S/C14H18N4O3S/c1-15-12(19)9-22-14-17-16-13(11-5-3-7-21-11)18(14)8-10-4-2-6-20-10/h3,5,7,10H,2,4,6,8-9H2,1H3,(H,15,19). The van der Waals surface area contributed by atoms with Crippen molar-refractivity contribution in [2.45, 2.75) is 30.6 Å². The predicted molar refractivity (Wildman–Crippen MR) is 81.5 cm³/mol. The molecule has 0 saturated carbocycles. The minimum Gasteiger partial charge on any atom is -0.461 e. The van der Waals surface area contributed by atoms with Crippen molar-refractivity contribution in [2.75, 3.05) is 19.4 Å². The number of furan rings is 1. The highest BCUT2D eigenvalue weighted by molar-refractivity contribution is 7.99. The Balaban J connectivity index is 1.83. The van der Waals surface area contributed by atoms with Gasteiger partial charge in [-0.15, -0.1) is 10.2 Å². The van der Waals surface area contributed by atoms with Crippen LogP contribution in [0.3, 0.4) is 0 Å². The number of amides is 1. The number of rotatable bonds is 6. The molecule has 0 bridgehead atoms. The van der Waals surface area contributed by atoms with Crippen molar-refractivity contribution in [1.29, 1.82) is 0 Å². The average Bonchev–Trinajstić information content (AvgIpc) is 3.27. The Hall–Kier alpha value is -1.80. The van der Waals surface area contributed by atoms with Crippen LogP contribution in [0.4, 0.5) is 0 Å². The molecule has 2 aromatic heterocycles. The fourth-order valence-corrected chi connectivity index (χ4v) is 3.16. The predicted octanol–water partition coefficient (Wildman–Crippen LogP) is 1.56. The second-order valence-corrected chi connectivity index (χ2v) is 5.93. The molecule has 1 amide bonds. The SMILES string of the molecule is CNC(=O)CSc1nnc(-c2ccco2)n1CC1CCCO1. The summed E-state index contributed by atoms with van der Waals surface area (Å²) in [5.41, 5.74) is 0. The maximum absolute atomic E-state index is 11.4. The van der Waals surface area contributed by atoms with Crippen LogP contribution in [0, 0.1) is 0 Å². The molecule has 118 valence electrons. The van der Waals surface area contributed by atoms with E-state index in [4.69, 9.17) is 9.15 Å². The number of hydrogen-bond donors (Lipinski definition) is 1. The molecule has 7 nitrogen and oxygen atoms in total. The summed E-state index contributed by atoms with van der Waals surface area (Å²) in [4.78, 5) is 11.4. The lowest BCUT2D eigenvalue weighted by molar-refractivity contribution is -0.118. The molecule has 1 N–H and O–H groups in total. The van der Waals surface area contributed by atoms with Crippen LogP contribution >= 0.6 is 11.8 Å². The van der Waals surface area contributed by atoms with Gasteiger partial charge in [0, 0.05) is 13.7 Å². The van der Waals surface area contributed by atoms with E-state index in [1.54, 1.807) is 13.3 Å². The highest BCUT2D eigenvalue weighted by Crippen LogP contribution is 2.26. The molecule has 1 aliphatic heterocycles. The van der Waals surface area contributed by atoms with Gasteiger partial charge in [-0.2, -0.15) is 0 Å². The number of ether oxygens (including phenoxy) is 1. The normalized spacial score (nSPS) is 17.8. The van der Waals surface area contributed by atoms with Crippen molar-refractivity contribution < 1.29 is 13.9 Å². The van der Waals surface area contributed by atoms with Crippen LogP contribution in [0.1, 0.15) is 12.8 Å². The molecule has 0 aromatic carbocycles. The Bertz CT molecular complexity index is 620. The smallest absolute Gasteiger partial charge is 0.230 e. The Labute approximate surface area is 132 Å². The van der Waals surface area contributed by atoms with Crippen molar-refractivity contribution in [3.05, 3.63) is 18.4 Å². The lowest BCUT2D eigenvalue weighted by atomic mass is 10.2. The van der Waals surface area contributed by atoms with Crippen molar-refractivity contribution >= 4 is 17.7 Å². The van der Waals surface area contributed by atoms with E-state index >= 15 is 0 Å². The first kappa shape index (κ1) is 15.1. The van der Waals surface area contributed by atoms with E-state index in [0.29, 0.717) is 29.0 Å². The number of aromatic nitrogens is 3. The molecule has 0 aliphatic carbocycles. The van der Waals surface area contributed by atoms with Crippen molar-refractivity contribution in [3.8, 4) is 11.6 Å². The zero-order valence-electron chi connectivity index (χ0n) is 12.3.